The minimum atomic E-state index is -1.06. The number of hydrogen-bond donors (Lipinski definition) is 0. The van der Waals surface area contributed by atoms with E-state index in [1.165, 1.54) is 27.9 Å². The van der Waals surface area contributed by atoms with Crippen LogP contribution in [0.2, 0.25) is 0 Å². The van der Waals surface area contributed by atoms with Gasteiger partial charge in [0.2, 0.25) is 12.1 Å². The van der Waals surface area contributed by atoms with Crippen LogP contribution in [0.4, 0.5) is 5.69 Å². The van der Waals surface area contributed by atoms with Gasteiger partial charge in [-0.1, -0.05) is 62.8 Å². The zero-order valence-electron chi connectivity index (χ0n) is 29.4. The molecule has 1 spiro atoms. The third kappa shape index (κ3) is 5.55. The predicted octanol–water partition coefficient (Wildman–Crippen LogP) is 6.72. The molecule has 45 heavy (non-hydrogen) atoms. The second kappa shape index (κ2) is 10.7. The number of aromatic nitrogens is 1. The smallest absolute Gasteiger partial charge is 0.377 e. The number of anilines is 1. The standard InChI is InChI=1S/C39H53N4O2/c1-27-28(14-12-13-19-41-20-17-32(18-21-41)40(10)11)15-16-29-25-43-38(8,9)26-42-24-30-22-31(36(2,3)4)23-33(37(5,6)7)35(30)45-39(42,43)44-34(27)29/h15-18,20-25H,12-14,19,26H2,1-11H3/q+3. The molecule has 2 aromatic carbocycles. The van der Waals surface area contributed by atoms with Crippen molar-refractivity contribution in [2.24, 2.45) is 0 Å². The Kier molecular flexibility index (Phi) is 7.45. The number of fused-ring (bicyclic) bond motifs is 2. The van der Waals surface area contributed by atoms with Crippen molar-refractivity contribution >= 4 is 18.1 Å². The van der Waals surface area contributed by atoms with Gasteiger partial charge in [-0.15, -0.1) is 0 Å². The lowest BCUT2D eigenvalue weighted by atomic mass is 9.79. The summed E-state index contributed by atoms with van der Waals surface area (Å²) in [4.78, 5) is 2.13. The lowest BCUT2D eigenvalue weighted by Crippen LogP contribution is -2.61. The summed E-state index contributed by atoms with van der Waals surface area (Å²) in [6.07, 6.45) is 12.2. The van der Waals surface area contributed by atoms with Crippen LogP contribution in [0.5, 0.6) is 11.5 Å². The van der Waals surface area contributed by atoms with Crippen LogP contribution in [0.15, 0.2) is 48.8 Å². The van der Waals surface area contributed by atoms with Crippen LogP contribution in [-0.2, 0) is 23.8 Å². The van der Waals surface area contributed by atoms with Gasteiger partial charge in [0.15, 0.2) is 36.3 Å². The summed E-state index contributed by atoms with van der Waals surface area (Å²) in [5, 5.41) is 0. The van der Waals surface area contributed by atoms with Crippen molar-refractivity contribution in [2.45, 2.75) is 111 Å². The summed E-state index contributed by atoms with van der Waals surface area (Å²) in [6, 6.07) is 12.5. The third-order valence-corrected chi connectivity index (χ3v) is 9.75. The molecule has 3 aromatic rings. The fourth-order valence-corrected chi connectivity index (χ4v) is 6.93. The molecule has 0 bridgehead atoms. The first-order valence-electron chi connectivity index (χ1n) is 16.6. The Balaban J connectivity index is 1.31. The molecule has 0 aliphatic carbocycles. The number of aryl methyl sites for hydroxylation is 2. The maximum Gasteiger partial charge on any atom is 0.704 e. The highest BCUT2D eigenvalue weighted by molar-refractivity contribution is 5.84. The number of ether oxygens (including phenoxy) is 2. The lowest BCUT2D eigenvalue weighted by Gasteiger charge is -2.33. The van der Waals surface area contributed by atoms with Gasteiger partial charge in [0, 0.05) is 57.7 Å². The first-order valence-corrected chi connectivity index (χ1v) is 16.6. The molecule has 3 aliphatic rings. The van der Waals surface area contributed by atoms with E-state index in [-0.39, 0.29) is 16.4 Å². The van der Waals surface area contributed by atoms with Gasteiger partial charge in [-0.05, 0) is 59.4 Å². The van der Waals surface area contributed by atoms with Crippen molar-refractivity contribution in [2.75, 3.05) is 25.5 Å². The fourth-order valence-electron chi connectivity index (χ4n) is 6.93. The Morgan fingerprint density at radius 2 is 1.51 bits per heavy atom. The number of nitrogens with zero attached hydrogens (tertiary/aromatic N) is 4. The number of rotatable bonds is 6. The van der Waals surface area contributed by atoms with Gasteiger partial charge in [-0.2, -0.15) is 0 Å². The van der Waals surface area contributed by atoms with E-state index in [1.807, 2.05) is 0 Å². The first-order chi connectivity index (χ1) is 21.0. The Labute approximate surface area is 270 Å². The first kappa shape index (κ1) is 31.3. The van der Waals surface area contributed by atoms with Crippen LogP contribution < -0.4 is 18.9 Å². The van der Waals surface area contributed by atoms with Crippen LogP contribution in [0.3, 0.4) is 0 Å². The van der Waals surface area contributed by atoms with E-state index in [9.17, 15) is 0 Å². The second-order valence-corrected chi connectivity index (χ2v) is 16.2. The summed E-state index contributed by atoms with van der Waals surface area (Å²) in [5.41, 5.74) is 8.30. The van der Waals surface area contributed by atoms with Gasteiger partial charge >= 0.3 is 6.03 Å². The van der Waals surface area contributed by atoms with Crippen molar-refractivity contribution in [1.82, 2.24) is 0 Å². The van der Waals surface area contributed by atoms with Crippen LogP contribution in [0.1, 0.15) is 102 Å². The fraction of sp³-hybridized carbons (Fsp3) is 0.513. The minimum absolute atomic E-state index is 0.0330. The molecule has 238 valence electrons. The number of unbranched alkanes of at least 4 members (excludes halogenated alkanes) is 1. The normalized spacial score (nSPS) is 19.7. The summed E-state index contributed by atoms with van der Waals surface area (Å²) >= 11 is 0. The SMILES string of the molecule is Cc1c(CCCC[n+]2ccc(N(C)C)cc2)ccc2c1OC13Oc4c(cc(C(C)(C)C)cc4C(C)(C)C)C=[N+]1CC(C)(C)[N+]3=C2. The Morgan fingerprint density at radius 1 is 0.822 bits per heavy atom. The molecule has 4 heterocycles. The van der Waals surface area contributed by atoms with E-state index >= 15 is 0 Å². The molecule has 0 saturated carbocycles. The summed E-state index contributed by atoms with van der Waals surface area (Å²) in [6.45, 7) is 22.2. The highest BCUT2D eigenvalue weighted by Gasteiger charge is 2.75. The van der Waals surface area contributed by atoms with Crippen LogP contribution in [0, 0.1) is 6.92 Å². The predicted molar refractivity (Wildman–Crippen MR) is 183 cm³/mol. The van der Waals surface area contributed by atoms with Crippen molar-refractivity contribution in [1.29, 1.82) is 0 Å². The average Bonchev–Trinajstić information content (AvgIpc) is 3.17. The van der Waals surface area contributed by atoms with E-state index in [4.69, 9.17) is 9.47 Å². The maximum absolute atomic E-state index is 7.19. The highest BCUT2D eigenvalue weighted by atomic mass is 16.7. The van der Waals surface area contributed by atoms with Crippen molar-refractivity contribution < 1.29 is 23.2 Å². The lowest BCUT2D eigenvalue weighted by molar-refractivity contribution is -0.867. The molecule has 1 aromatic heterocycles. The second-order valence-electron chi connectivity index (χ2n) is 16.2. The van der Waals surface area contributed by atoms with Gasteiger partial charge in [-0.25, -0.2) is 4.57 Å². The molecule has 1 saturated heterocycles. The molecular weight excluding hydrogens is 556 g/mol. The van der Waals surface area contributed by atoms with Crippen molar-refractivity contribution in [3.63, 3.8) is 0 Å². The molecule has 0 N–H and O–H groups in total. The molecule has 1 unspecified atom stereocenters. The summed E-state index contributed by atoms with van der Waals surface area (Å²) < 4.78 is 21.2. The van der Waals surface area contributed by atoms with Crippen LogP contribution >= 0.6 is 0 Å². The van der Waals surface area contributed by atoms with Crippen molar-refractivity contribution in [3.05, 3.63) is 82.2 Å². The molecule has 6 nitrogen and oxygen atoms in total. The molecule has 3 aliphatic heterocycles. The Bertz CT molecular complexity index is 1700. The molecule has 6 rings (SSSR count). The van der Waals surface area contributed by atoms with Gasteiger partial charge in [-0.3, -0.25) is 0 Å². The number of hydrogen-bond acceptors (Lipinski definition) is 3. The van der Waals surface area contributed by atoms with Crippen molar-refractivity contribution in [3.8, 4) is 11.5 Å². The number of benzene rings is 2. The Morgan fingerprint density at radius 3 is 2.16 bits per heavy atom. The third-order valence-electron chi connectivity index (χ3n) is 9.75. The monoisotopic (exact) mass is 609 g/mol. The summed E-state index contributed by atoms with van der Waals surface area (Å²) in [5.74, 6) is 1.86. The largest absolute Gasteiger partial charge is 0.704 e. The van der Waals surface area contributed by atoms with E-state index in [1.54, 1.807) is 0 Å². The van der Waals surface area contributed by atoms with Crippen LogP contribution in [0.25, 0.3) is 0 Å². The maximum atomic E-state index is 7.19. The molecule has 0 amide bonds. The van der Waals surface area contributed by atoms with E-state index in [2.05, 4.69) is 156 Å². The molecule has 1 fully saturated rings. The van der Waals surface area contributed by atoms with Crippen LogP contribution in [-0.4, -0.2) is 53.8 Å². The molecule has 1 atom stereocenters. The number of pyridine rings is 1. The van der Waals surface area contributed by atoms with Gasteiger partial charge < -0.3 is 14.4 Å². The van der Waals surface area contributed by atoms with Gasteiger partial charge in [0.1, 0.15) is 6.54 Å². The summed E-state index contributed by atoms with van der Waals surface area (Å²) in [7, 11) is 4.15. The quantitative estimate of drug-likeness (QED) is 0.230. The van der Waals surface area contributed by atoms with E-state index in [0.29, 0.717) is 0 Å². The molecule has 0 radical (unpaired) electrons. The van der Waals surface area contributed by atoms with E-state index in [0.717, 1.165) is 55.0 Å². The Hall–Kier alpha value is -3.67. The minimum Gasteiger partial charge on any atom is -0.377 e. The molecule has 6 heteroatoms. The zero-order chi connectivity index (χ0) is 32.5. The topological polar surface area (TPSA) is 31.6 Å². The van der Waals surface area contributed by atoms with E-state index < -0.39 is 6.03 Å². The average molecular weight is 610 g/mol. The van der Waals surface area contributed by atoms with Gasteiger partial charge in [0.05, 0.1) is 11.1 Å². The highest BCUT2D eigenvalue weighted by Crippen LogP contribution is 2.47. The van der Waals surface area contributed by atoms with Gasteiger partial charge in [0.25, 0.3) is 0 Å². The zero-order valence-corrected chi connectivity index (χ0v) is 29.4. The molecular formula is C39H53N4O2+3.